The van der Waals surface area contributed by atoms with Gasteiger partial charge < -0.3 is 29.7 Å². The van der Waals surface area contributed by atoms with Gasteiger partial charge in [0.1, 0.15) is 24.5 Å². The highest BCUT2D eigenvalue weighted by Crippen LogP contribution is 2.48. The Morgan fingerprint density at radius 1 is 1.21 bits per heavy atom. The molecule has 0 radical (unpaired) electrons. The number of hydrogen-bond donors (Lipinski definition) is 3. The van der Waals surface area contributed by atoms with Gasteiger partial charge in [-0.3, -0.25) is 4.79 Å². The van der Waals surface area contributed by atoms with Crippen molar-refractivity contribution in [1.29, 1.82) is 0 Å². The number of carbonyl (C=O) groups excluding carboxylic acids is 1. The highest BCUT2D eigenvalue weighted by molar-refractivity contribution is 5.96. The summed E-state index contributed by atoms with van der Waals surface area (Å²) in [6.45, 7) is 6.94. The standard InChI is InChI=1S/C31H36N2O6/c1-19-5-7-21(8-6-19)28-29-23(31(18-39-29)13-14-32-31)16-27(33-28)30(3,36)12-11-24(35)22-9-10-25(26(15-22)37-4)38-17-20(2)34/h5-10,15-16,20,32,34,36H,11-14,17-18H2,1-4H3. The first-order valence-corrected chi connectivity index (χ1v) is 13.4. The third-order valence-electron chi connectivity index (χ3n) is 7.65. The third kappa shape index (κ3) is 5.37. The van der Waals surface area contributed by atoms with Crippen molar-refractivity contribution in [3.05, 3.63) is 70.9 Å². The number of methoxy groups -OCH3 is 1. The molecule has 5 rings (SSSR count). The fourth-order valence-electron chi connectivity index (χ4n) is 5.07. The highest BCUT2D eigenvalue weighted by atomic mass is 16.5. The first kappa shape index (κ1) is 27.1. The molecule has 1 saturated heterocycles. The number of benzene rings is 2. The van der Waals surface area contributed by atoms with Gasteiger partial charge in [-0.25, -0.2) is 4.98 Å². The number of aliphatic hydroxyl groups excluding tert-OH is 1. The second-order valence-electron chi connectivity index (χ2n) is 10.9. The van der Waals surface area contributed by atoms with Gasteiger partial charge in [0.25, 0.3) is 0 Å². The molecule has 3 atom stereocenters. The molecule has 3 aromatic rings. The summed E-state index contributed by atoms with van der Waals surface area (Å²) in [4.78, 5) is 18.0. The van der Waals surface area contributed by atoms with Crippen LogP contribution in [-0.2, 0) is 11.1 Å². The van der Waals surface area contributed by atoms with Crippen molar-refractivity contribution >= 4 is 5.78 Å². The van der Waals surface area contributed by atoms with Gasteiger partial charge in [0.05, 0.1) is 24.4 Å². The van der Waals surface area contributed by atoms with Crippen molar-refractivity contribution in [3.63, 3.8) is 0 Å². The number of nitrogens with one attached hydrogen (secondary N) is 1. The van der Waals surface area contributed by atoms with Crippen LogP contribution in [0.25, 0.3) is 11.3 Å². The van der Waals surface area contributed by atoms with Crippen LogP contribution in [0, 0.1) is 6.92 Å². The van der Waals surface area contributed by atoms with Gasteiger partial charge in [0.2, 0.25) is 0 Å². The van der Waals surface area contributed by atoms with E-state index in [9.17, 15) is 15.0 Å². The van der Waals surface area contributed by atoms with E-state index >= 15 is 0 Å². The molecule has 206 valence electrons. The van der Waals surface area contributed by atoms with Crippen molar-refractivity contribution in [2.75, 3.05) is 26.9 Å². The number of fused-ring (bicyclic) bond motifs is 2. The molecule has 0 bridgehead atoms. The number of Topliss-reactive ketones (excluding diaryl/α,β-unsaturated/α-hetero) is 1. The number of rotatable bonds is 10. The molecule has 2 aliphatic heterocycles. The van der Waals surface area contributed by atoms with Crippen LogP contribution < -0.4 is 19.5 Å². The zero-order valence-electron chi connectivity index (χ0n) is 22.9. The minimum absolute atomic E-state index is 0.114. The van der Waals surface area contributed by atoms with Gasteiger partial charge in [0.15, 0.2) is 23.0 Å². The summed E-state index contributed by atoms with van der Waals surface area (Å²) in [6.07, 6.45) is 0.632. The molecule has 0 amide bonds. The van der Waals surface area contributed by atoms with E-state index in [1.54, 1.807) is 32.0 Å². The molecule has 2 aliphatic rings. The van der Waals surface area contributed by atoms with Crippen LogP contribution in [0.15, 0.2) is 48.5 Å². The third-order valence-corrected chi connectivity index (χ3v) is 7.65. The lowest BCUT2D eigenvalue weighted by Gasteiger charge is -2.39. The van der Waals surface area contributed by atoms with Crippen LogP contribution in [0.2, 0.25) is 0 Å². The molecule has 8 heteroatoms. The normalized spacial score (nSPS) is 19.9. The second-order valence-corrected chi connectivity index (χ2v) is 10.9. The molecule has 2 aromatic carbocycles. The summed E-state index contributed by atoms with van der Waals surface area (Å²) in [7, 11) is 1.50. The van der Waals surface area contributed by atoms with Crippen LogP contribution in [0.3, 0.4) is 0 Å². The lowest BCUT2D eigenvalue weighted by molar-refractivity contribution is 0.0395. The lowest BCUT2D eigenvalue weighted by atomic mass is 9.80. The van der Waals surface area contributed by atoms with E-state index in [4.69, 9.17) is 19.2 Å². The Morgan fingerprint density at radius 3 is 2.59 bits per heavy atom. The number of carbonyl (C=O) groups is 1. The monoisotopic (exact) mass is 532 g/mol. The second kappa shape index (κ2) is 10.6. The first-order chi connectivity index (χ1) is 18.6. The number of pyridine rings is 1. The number of aryl methyl sites for hydroxylation is 1. The summed E-state index contributed by atoms with van der Waals surface area (Å²) in [5, 5.41) is 24.6. The molecule has 1 aromatic heterocycles. The fourth-order valence-corrected chi connectivity index (χ4v) is 5.07. The minimum Gasteiger partial charge on any atom is -0.493 e. The van der Waals surface area contributed by atoms with Crippen LogP contribution >= 0.6 is 0 Å². The van der Waals surface area contributed by atoms with Crippen LogP contribution in [0.1, 0.15) is 60.3 Å². The number of ether oxygens (including phenoxy) is 3. The molecule has 39 heavy (non-hydrogen) atoms. The van der Waals surface area contributed by atoms with Crippen LogP contribution in [-0.4, -0.2) is 54.0 Å². The summed E-state index contributed by atoms with van der Waals surface area (Å²) >= 11 is 0. The van der Waals surface area contributed by atoms with Gasteiger partial charge in [-0.2, -0.15) is 0 Å². The molecule has 0 aliphatic carbocycles. The van der Waals surface area contributed by atoms with Gasteiger partial charge in [-0.1, -0.05) is 29.8 Å². The van der Waals surface area contributed by atoms with Crippen molar-refractivity contribution in [1.82, 2.24) is 10.3 Å². The van der Waals surface area contributed by atoms with Crippen molar-refractivity contribution in [2.45, 2.75) is 57.3 Å². The number of ketones is 1. The van der Waals surface area contributed by atoms with Crippen molar-refractivity contribution in [2.24, 2.45) is 0 Å². The minimum atomic E-state index is -1.35. The lowest BCUT2D eigenvalue weighted by Crippen LogP contribution is -2.55. The number of aliphatic hydroxyl groups is 2. The Kier molecular flexibility index (Phi) is 7.37. The molecule has 3 N–H and O–H groups in total. The Balaban J connectivity index is 1.39. The predicted octanol–water partition coefficient (Wildman–Crippen LogP) is 4.28. The molecular formula is C31H36N2O6. The number of nitrogens with zero attached hydrogens (tertiary/aromatic N) is 1. The van der Waals surface area contributed by atoms with Gasteiger partial charge in [-0.15, -0.1) is 0 Å². The van der Waals surface area contributed by atoms with Crippen molar-refractivity contribution in [3.8, 4) is 28.5 Å². The van der Waals surface area contributed by atoms with E-state index in [1.807, 2.05) is 37.3 Å². The zero-order chi connectivity index (χ0) is 27.8. The molecule has 1 fully saturated rings. The average Bonchev–Trinajstić information content (AvgIpc) is 3.31. The SMILES string of the molecule is COc1cc(C(=O)CCC(C)(O)c2cc3c(c(-c4ccc(C)cc4)n2)OCC32CCN2)ccc1OCC(C)O. The van der Waals surface area contributed by atoms with E-state index in [0.29, 0.717) is 35.1 Å². The Bertz CT molecular complexity index is 1360. The fraction of sp³-hybridized carbons (Fsp3) is 0.419. The number of aromatic nitrogens is 1. The Hall–Kier alpha value is -3.46. The summed E-state index contributed by atoms with van der Waals surface area (Å²) in [6, 6.07) is 15.0. The molecule has 1 spiro atoms. The van der Waals surface area contributed by atoms with Crippen molar-refractivity contribution < 1.29 is 29.2 Å². The highest BCUT2D eigenvalue weighted by Gasteiger charge is 2.47. The topological polar surface area (TPSA) is 110 Å². The molecular weight excluding hydrogens is 496 g/mol. The smallest absolute Gasteiger partial charge is 0.163 e. The van der Waals surface area contributed by atoms with Gasteiger partial charge in [0, 0.05) is 23.1 Å². The van der Waals surface area contributed by atoms with E-state index in [1.165, 1.54) is 7.11 Å². The molecule has 3 unspecified atom stereocenters. The average molecular weight is 533 g/mol. The van der Waals surface area contributed by atoms with Gasteiger partial charge >= 0.3 is 0 Å². The maximum atomic E-state index is 13.1. The first-order valence-electron chi connectivity index (χ1n) is 13.4. The molecule has 3 heterocycles. The van der Waals surface area contributed by atoms with E-state index in [-0.39, 0.29) is 30.8 Å². The quantitative estimate of drug-likeness (QED) is 0.332. The van der Waals surface area contributed by atoms with Crippen LogP contribution in [0.4, 0.5) is 0 Å². The van der Waals surface area contributed by atoms with Crippen LogP contribution in [0.5, 0.6) is 17.2 Å². The Labute approximate surface area is 229 Å². The zero-order valence-corrected chi connectivity index (χ0v) is 22.9. The Morgan fingerprint density at radius 2 is 1.95 bits per heavy atom. The van der Waals surface area contributed by atoms with E-state index in [2.05, 4.69) is 5.32 Å². The summed E-state index contributed by atoms with van der Waals surface area (Å²) in [5.41, 5.74) is 3.16. The summed E-state index contributed by atoms with van der Waals surface area (Å²) in [5.74, 6) is 1.49. The predicted molar refractivity (Wildman–Crippen MR) is 148 cm³/mol. The van der Waals surface area contributed by atoms with E-state index in [0.717, 1.165) is 35.4 Å². The maximum absolute atomic E-state index is 13.1. The summed E-state index contributed by atoms with van der Waals surface area (Å²) < 4.78 is 17.1. The molecule has 8 nitrogen and oxygen atoms in total. The maximum Gasteiger partial charge on any atom is 0.163 e. The van der Waals surface area contributed by atoms with Gasteiger partial charge in [-0.05, 0) is 64.4 Å². The largest absolute Gasteiger partial charge is 0.493 e. The number of hydrogen-bond acceptors (Lipinski definition) is 8. The molecule has 0 saturated carbocycles. The van der Waals surface area contributed by atoms with E-state index < -0.39 is 11.7 Å².